The zero-order valence-corrected chi connectivity index (χ0v) is 15.6. The van der Waals surface area contributed by atoms with E-state index in [4.69, 9.17) is 4.74 Å². The highest BCUT2D eigenvalue weighted by molar-refractivity contribution is 5.07. The van der Waals surface area contributed by atoms with Gasteiger partial charge in [0.05, 0.1) is 24.6 Å². The predicted octanol–water partition coefficient (Wildman–Crippen LogP) is 2.45. The molecule has 2 aliphatic rings. The molecule has 0 saturated carbocycles. The molecule has 138 valence electrons. The number of likely N-dealkylation sites (tertiary alicyclic amines) is 2. The van der Waals surface area contributed by atoms with Crippen molar-refractivity contribution < 1.29 is 4.74 Å². The van der Waals surface area contributed by atoms with Gasteiger partial charge >= 0.3 is 0 Å². The van der Waals surface area contributed by atoms with E-state index >= 15 is 0 Å². The van der Waals surface area contributed by atoms with Gasteiger partial charge in [-0.25, -0.2) is 0 Å². The van der Waals surface area contributed by atoms with Crippen molar-refractivity contribution in [2.45, 2.75) is 19.6 Å². The van der Waals surface area contributed by atoms with Crippen LogP contribution in [0.2, 0.25) is 0 Å². The van der Waals surface area contributed by atoms with Crippen LogP contribution >= 0.6 is 0 Å². The zero-order chi connectivity index (χ0) is 17.8. The normalized spacial score (nSPS) is 26.7. The number of hydrogen-bond donors (Lipinski definition) is 0. The second-order valence-corrected chi connectivity index (χ2v) is 7.87. The second-order valence-electron chi connectivity index (χ2n) is 7.87. The molecule has 0 amide bonds. The number of rotatable bonds is 6. The maximum Gasteiger partial charge on any atom is 0.0887 e. The number of aromatic nitrogens is 2. The summed E-state index contributed by atoms with van der Waals surface area (Å²) in [5.41, 5.74) is 2.53. The Balaban J connectivity index is 1.35. The van der Waals surface area contributed by atoms with Gasteiger partial charge in [0.25, 0.3) is 0 Å². The third kappa shape index (κ3) is 3.95. The third-order valence-corrected chi connectivity index (χ3v) is 5.85. The highest BCUT2D eigenvalue weighted by Gasteiger charge is 2.49. The van der Waals surface area contributed by atoms with Gasteiger partial charge in [-0.1, -0.05) is 12.1 Å². The molecular formula is C21H28N4O. The van der Waals surface area contributed by atoms with Crippen LogP contribution in [0.4, 0.5) is 0 Å². The van der Waals surface area contributed by atoms with Gasteiger partial charge in [0.1, 0.15) is 0 Å². The van der Waals surface area contributed by atoms with Crippen LogP contribution in [-0.4, -0.2) is 59.6 Å². The molecule has 2 aliphatic heterocycles. The molecule has 5 heteroatoms. The second kappa shape index (κ2) is 7.82. The molecule has 26 heavy (non-hydrogen) atoms. The Morgan fingerprint density at radius 1 is 1.08 bits per heavy atom. The number of pyridine rings is 2. The average molecular weight is 352 g/mol. The van der Waals surface area contributed by atoms with Gasteiger partial charge in [0, 0.05) is 49.9 Å². The minimum atomic E-state index is 0.355. The van der Waals surface area contributed by atoms with E-state index in [0.29, 0.717) is 17.9 Å². The van der Waals surface area contributed by atoms with Crippen molar-refractivity contribution in [2.75, 3.05) is 39.8 Å². The number of nitrogens with zero attached hydrogens (tertiary/aromatic N) is 4. The molecule has 1 spiro atoms. The summed E-state index contributed by atoms with van der Waals surface area (Å²) < 4.78 is 6.07. The highest BCUT2D eigenvalue weighted by Crippen LogP contribution is 2.43. The summed E-state index contributed by atoms with van der Waals surface area (Å²) in [6.07, 6.45) is 4.97. The van der Waals surface area contributed by atoms with Crippen LogP contribution in [0, 0.1) is 11.3 Å². The summed E-state index contributed by atoms with van der Waals surface area (Å²) >= 11 is 0. The quantitative estimate of drug-likeness (QED) is 0.799. The molecular weight excluding hydrogens is 324 g/mol. The van der Waals surface area contributed by atoms with E-state index in [1.165, 1.54) is 18.7 Å². The van der Waals surface area contributed by atoms with Crippen LogP contribution < -0.4 is 0 Å². The highest BCUT2D eigenvalue weighted by atomic mass is 16.5. The fourth-order valence-electron chi connectivity index (χ4n) is 4.62. The van der Waals surface area contributed by atoms with E-state index < -0.39 is 0 Å². The van der Waals surface area contributed by atoms with Gasteiger partial charge in [-0.3, -0.25) is 14.9 Å². The summed E-state index contributed by atoms with van der Waals surface area (Å²) in [5.74, 6) is 0.588. The van der Waals surface area contributed by atoms with Gasteiger partial charge in [0.2, 0.25) is 0 Å². The molecule has 0 aliphatic carbocycles. The van der Waals surface area contributed by atoms with Crippen molar-refractivity contribution in [3.8, 4) is 0 Å². The molecule has 4 heterocycles. The van der Waals surface area contributed by atoms with Crippen molar-refractivity contribution in [1.29, 1.82) is 0 Å². The van der Waals surface area contributed by atoms with Crippen molar-refractivity contribution in [3.63, 3.8) is 0 Å². The molecule has 2 saturated heterocycles. The molecule has 0 aromatic carbocycles. The molecule has 0 N–H and O–H groups in total. The molecule has 4 rings (SSSR count). The van der Waals surface area contributed by atoms with Crippen LogP contribution in [0.25, 0.3) is 0 Å². The SMILES string of the molecule is CN1C[C@@H](COCc2ccccn2)[C@@]2(CCN(Cc3ccccn3)C2)C1. The molecule has 2 aromatic rings. The van der Waals surface area contributed by atoms with E-state index in [0.717, 1.165) is 38.5 Å². The molecule has 0 radical (unpaired) electrons. The average Bonchev–Trinajstić information content (AvgIpc) is 3.20. The summed E-state index contributed by atoms with van der Waals surface area (Å²) in [6.45, 7) is 6.97. The van der Waals surface area contributed by atoms with Crippen molar-refractivity contribution >= 4 is 0 Å². The van der Waals surface area contributed by atoms with Gasteiger partial charge < -0.3 is 9.64 Å². The zero-order valence-electron chi connectivity index (χ0n) is 15.6. The van der Waals surface area contributed by atoms with Crippen LogP contribution in [-0.2, 0) is 17.9 Å². The van der Waals surface area contributed by atoms with Gasteiger partial charge in [0.15, 0.2) is 0 Å². The maximum atomic E-state index is 6.07. The smallest absolute Gasteiger partial charge is 0.0887 e. The van der Waals surface area contributed by atoms with E-state index in [9.17, 15) is 0 Å². The molecule has 2 fully saturated rings. The molecule has 5 nitrogen and oxygen atoms in total. The Morgan fingerprint density at radius 2 is 1.85 bits per heavy atom. The van der Waals surface area contributed by atoms with Crippen molar-refractivity contribution in [1.82, 2.24) is 19.8 Å². The van der Waals surface area contributed by atoms with Crippen molar-refractivity contribution in [3.05, 3.63) is 60.2 Å². The Kier molecular flexibility index (Phi) is 5.29. The fraction of sp³-hybridized carbons (Fsp3) is 0.524. The van der Waals surface area contributed by atoms with E-state index in [2.05, 4.69) is 38.9 Å². The maximum absolute atomic E-state index is 6.07. The number of hydrogen-bond acceptors (Lipinski definition) is 5. The van der Waals surface area contributed by atoms with Crippen molar-refractivity contribution in [2.24, 2.45) is 11.3 Å². The van der Waals surface area contributed by atoms with Gasteiger partial charge in [-0.2, -0.15) is 0 Å². The fourth-order valence-corrected chi connectivity index (χ4v) is 4.62. The van der Waals surface area contributed by atoms with Crippen LogP contribution in [0.5, 0.6) is 0 Å². The lowest BCUT2D eigenvalue weighted by atomic mass is 9.77. The Morgan fingerprint density at radius 3 is 2.58 bits per heavy atom. The summed E-state index contributed by atoms with van der Waals surface area (Å²) in [5, 5.41) is 0. The summed E-state index contributed by atoms with van der Waals surface area (Å²) in [4.78, 5) is 13.9. The lowest BCUT2D eigenvalue weighted by molar-refractivity contribution is 0.0501. The largest absolute Gasteiger partial charge is 0.375 e. The first-order valence-corrected chi connectivity index (χ1v) is 9.52. The minimum Gasteiger partial charge on any atom is -0.375 e. The lowest BCUT2D eigenvalue weighted by Gasteiger charge is -2.30. The summed E-state index contributed by atoms with van der Waals surface area (Å²) in [7, 11) is 2.24. The monoisotopic (exact) mass is 352 g/mol. The molecule has 2 aromatic heterocycles. The van der Waals surface area contributed by atoms with Crippen LogP contribution in [0.1, 0.15) is 17.8 Å². The molecule has 0 bridgehead atoms. The topological polar surface area (TPSA) is 41.5 Å². The van der Waals surface area contributed by atoms with Gasteiger partial charge in [-0.15, -0.1) is 0 Å². The van der Waals surface area contributed by atoms with E-state index in [-0.39, 0.29) is 0 Å². The summed E-state index contributed by atoms with van der Waals surface area (Å²) in [6, 6.07) is 12.2. The van der Waals surface area contributed by atoms with E-state index in [1.54, 1.807) is 0 Å². The Bertz CT molecular complexity index is 696. The van der Waals surface area contributed by atoms with Gasteiger partial charge in [-0.05, 0) is 44.3 Å². The molecule has 2 atom stereocenters. The van der Waals surface area contributed by atoms with Crippen LogP contribution in [0.3, 0.4) is 0 Å². The predicted molar refractivity (Wildman–Crippen MR) is 101 cm³/mol. The van der Waals surface area contributed by atoms with E-state index in [1.807, 2.05) is 36.7 Å². The lowest BCUT2D eigenvalue weighted by Crippen LogP contribution is -2.36. The first kappa shape index (κ1) is 17.6. The Labute approximate surface area is 156 Å². The molecule has 0 unspecified atom stereocenters. The standard InChI is InChI=1S/C21H28N4O/c1-24-12-18(14-26-15-20-7-3-5-10-23-20)21(16-24)8-11-25(17-21)13-19-6-2-4-9-22-19/h2-7,9-10,18H,8,11-17H2,1H3/t18-,21-/m0/s1. The minimum absolute atomic E-state index is 0.355. The third-order valence-electron chi connectivity index (χ3n) is 5.85. The first-order valence-electron chi connectivity index (χ1n) is 9.52. The Hall–Kier alpha value is -1.82. The first-order chi connectivity index (χ1) is 12.7. The number of ether oxygens (including phenoxy) is 1. The van der Waals surface area contributed by atoms with Crippen LogP contribution in [0.15, 0.2) is 48.8 Å².